The van der Waals surface area contributed by atoms with Crippen molar-refractivity contribution in [2.75, 3.05) is 5.32 Å². The lowest BCUT2D eigenvalue weighted by molar-refractivity contribution is 0.0697. The molecule has 0 aliphatic heterocycles. The number of hydrogen-bond donors (Lipinski definition) is 4. The van der Waals surface area contributed by atoms with E-state index < -0.39 is 12.0 Å². The number of amides is 2. The van der Waals surface area contributed by atoms with E-state index in [1.165, 1.54) is 35.7 Å². The summed E-state index contributed by atoms with van der Waals surface area (Å²) in [5.74, 6) is -0.998. The molecule has 0 unspecified atom stereocenters. The highest BCUT2D eigenvalue weighted by Gasteiger charge is 2.14. The van der Waals surface area contributed by atoms with Gasteiger partial charge >= 0.3 is 12.0 Å². The summed E-state index contributed by atoms with van der Waals surface area (Å²) < 4.78 is 0.952. The first-order valence-electron chi connectivity index (χ1n) is 8.60. The van der Waals surface area contributed by atoms with Crippen molar-refractivity contribution in [2.24, 2.45) is 0 Å². The highest BCUT2D eigenvalue weighted by Crippen LogP contribution is 2.41. The summed E-state index contributed by atoms with van der Waals surface area (Å²) in [6.45, 7) is 1.77. The van der Waals surface area contributed by atoms with Crippen molar-refractivity contribution < 1.29 is 19.8 Å². The number of nitrogens with one attached hydrogen (secondary N) is 2. The maximum Gasteiger partial charge on any atom is 0.337 e. The van der Waals surface area contributed by atoms with E-state index in [0.717, 1.165) is 14.9 Å². The first-order valence-corrected chi connectivity index (χ1v) is 10.6. The van der Waals surface area contributed by atoms with Gasteiger partial charge in [-0.25, -0.2) is 9.59 Å². The summed E-state index contributed by atoms with van der Waals surface area (Å²) in [4.78, 5) is 23.9. The zero-order valence-corrected chi connectivity index (χ0v) is 18.7. The van der Waals surface area contributed by atoms with Crippen molar-refractivity contribution in [1.82, 2.24) is 5.32 Å². The molecule has 6 nitrogen and oxygen atoms in total. The van der Waals surface area contributed by atoms with E-state index in [0.29, 0.717) is 16.8 Å². The topological polar surface area (TPSA) is 98.7 Å². The number of carbonyl (C=O) groups is 2. The monoisotopic (exact) mass is 506 g/mol. The maximum absolute atomic E-state index is 12.1. The molecule has 0 spiro atoms. The number of aromatic hydroxyl groups is 1. The molecule has 0 bridgehead atoms. The van der Waals surface area contributed by atoms with Crippen LogP contribution < -0.4 is 10.6 Å². The van der Waals surface area contributed by atoms with Crippen LogP contribution in [-0.4, -0.2) is 22.2 Å². The van der Waals surface area contributed by atoms with E-state index in [1.807, 2.05) is 29.6 Å². The second-order valence-corrected chi connectivity index (χ2v) is 8.46. The van der Waals surface area contributed by atoms with Crippen molar-refractivity contribution in [2.45, 2.75) is 6.92 Å². The van der Waals surface area contributed by atoms with Gasteiger partial charge in [-0.05, 0) is 48.4 Å². The van der Waals surface area contributed by atoms with Crippen LogP contribution in [0, 0.1) is 0 Å². The Morgan fingerprint density at radius 3 is 2.47 bits per heavy atom. The zero-order valence-electron chi connectivity index (χ0n) is 15.6. The van der Waals surface area contributed by atoms with E-state index in [9.17, 15) is 14.7 Å². The minimum atomic E-state index is -1.15. The average Bonchev–Trinajstić information content (AvgIpc) is 3.08. The molecule has 9 heteroatoms. The number of anilines is 1. The van der Waals surface area contributed by atoms with Gasteiger partial charge in [-0.3, -0.25) is 0 Å². The SMILES string of the molecule is C/C(=C\NC(=O)Nc1ccc(C(=O)O)c(Cl)c1)c1csc(-c2ccc(Br)cc2)c1O. The van der Waals surface area contributed by atoms with Crippen LogP contribution in [-0.2, 0) is 0 Å². The Morgan fingerprint density at radius 1 is 1.13 bits per heavy atom. The molecule has 2 amide bonds. The number of carboxylic acids is 1. The van der Waals surface area contributed by atoms with E-state index in [2.05, 4.69) is 26.6 Å². The van der Waals surface area contributed by atoms with Crippen LogP contribution >= 0.6 is 38.9 Å². The molecule has 0 saturated carbocycles. The molecular weight excluding hydrogens is 492 g/mol. The Morgan fingerprint density at radius 2 is 1.83 bits per heavy atom. The van der Waals surface area contributed by atoms with Gasteiger partial charge in [-0.1, -0.05) is 39.7 Å². The van der Waals surface area contributed by atoms with Gasteiger partial charge in [0, 0.05) is 27.3 Å². The Labute approximate surface area is 190 Å². The lowest BCUT2D eigenvalue weighted by Crippen LogP contribution is -2.24. The van der Waals surface area contributed by atoms with Crippen LogP contribution in [0.5, 0.6) is 5.75 Å². The molecular formula is C21H16BrClN2O4S. The zero-order chi connectivity index (χ0) is 21.8. The normalized spacial score (nSPS) is 11.2. The van der Waals surface area contributed by atoms with Crippen molar-refractivity contribution in [3.63, 3.8) is 0 Å². The van der Waals surface area contributed by atoms with E-state index in [-0.39, 0.29) is 16.3 Å². The first-order chi connectivity index (χ1) is 14.3. The van der Waals surface area contributed by atoms with Crippen molar-refractivity contribution in [3.8, 4) is 16.2 Å². The number of aromatic carboxylic acids is 1. The summed E-state index contributed by atoms with van der Waals surface area (Å²) in [5, 5.41) is 26.6. The van der Waals surface area contributed by atoms with E-state index >= 15 is 0 Å². The van der Waals surface area contributed by atoms with E-state index in [1.54, 1.807) is 6.92 Å². The summed E-state index contributed by atoms with van der Waals surface area (Å²) in [6, 6.07) is 11.2. The number of hydrogen-bond acceptors (Lipinski definition) is 4. The van der Waals surface area contributed by atoms with Crippen LogP contribution in [0.4, 0.5) is 10.5 Å². The predicted octanol–water partition coefficient (Wildman–Crippen LogP) is 6.42. The second kappa shape index (κ2) is 9.34. The summed E-state index contributed by atoms with van der Waals surface area (Å²) in [7, 11) is 0. The van der Waals surface area contributed by atoms with Gasteiger partial charge in [-0.2, -0.15) is 0 Å². The number of halogens is 2. The summed E-state index contributed by atoms with van der Waals surface area (Å²) in [5.41, 5.74) is 2.48. The number of carboxylic acid groups (broad SMARTS) is 1. The van der Waals surface area contributed by atoms with Crippen LogP contribution in [0.25, 0.3) is 16.0 Å². The molecule has 0 radical (unpaired) electrons. The molecule has 0 atom stereocenters. The predicted molar refractivity (Wildman–Crippen MR) is 123 cm³/mol. The molecule has 0 saturated heterocycles. The Hall–Kier alpha value is -2.81. The molecule has 1 heterocycles. The quantitative estimate of drug-likeness (QED) is 0.320. The lowest BCUT2D eigenvalue weighted by atomic mass is 10.1. The largest absolute Gasteiger partial charge is 0.506 e. The van der Waals surface area contributed by atoms with Gasteiger partial charge in [0.2, 0.25) is 0 Å². The maximum atomic E-state index is 12.1. The number of carbonyl (C=O) groups excluding carboxylic acids is 1. The number of benzene rings is 2. The van der Waals surface area contributed by atoms with Gasteiger partial charge in [0.25, 0.3) is 0 Å². The lowest BCUT2D eigenvalue weighted by Gasteiger charge is -2.07. The molecule has 0 aliphatic carbocycles. The highest BCUT2D eigenvalue weighted by atomic mass is 79.9. The second-order valence-electron chi connectivity index (χ2n) is 6.26. The minimum absolute atomic E-state index is 0.0238. The van der Waals surface area contributed by atoms with Crippen LogP contribution in [0.15, 0.2) is 58.5 Å². The fourth-order valence-electron chi connectivity index (χ4n) is 2.62. The smallest absolute Gasteiger partial charge is 0.337 e. The first kappa shape index (κ1) is 21.9. The van der Waals surface area contributed by atoms with Crippen molar-refractivity contribution >= 4 is 62.1 Å². The van der Waals surface area contributed by atoms with Gasteiger partial charge in [0.15, 0.2) is 0 Å². The molecule has 3 aromatic rings. The third-order valence-corrected chi connectivity index (χ3v) is 6.03. The van der Waals surface area contributed by atoms with Crippen LogP contribution in [0.3, 0.4) is 0 Å². The fraction of sp³-hybridized carbons (Fsp3) is 0.0476. The number of thiophene rings is 1. The average molecular weight is 508 g/mol. The summed E-state index contributed by atoms with van der Waals surface area (Å²) >= 11 is 10.7. The Balaban J connectivity index is 1.69. The molecule has 0 fully saturated rings. The molecule has 2 aromatic carbocycles. The highest BCUT2D eigenvalue weighted by molar-refractivity contribution is 9.10. The van der Waals surface area contributed by atoms with Crippen LogP contribution in [0.1, 0.15) is 22.8 Å². The Kier molecular flexibility index (Phi) is 6.81. The van der Waals surface area contributed by atoms with Gasteiger partial charge in [0.1, 0.15) is 5.75 Å². The van der Waals surface area contributed by atoms with Crippen molar-refractivity contribution in [1.29, 1.82) is 0 Å². The molecule has 30 heavy (non-hydrogen) atoms. The minimum Gasteiger partial charge on any atom is -0.506 e. The fourth-order valence-corrected chi connectivity index (χ4v) is 4.18. The molecule has 154 valence electrons. The van der Waals surface area contributed by atoms with Crippen molar-refractivity contribution in [3.05, 3.63) is 74.7 Å². The molecule has 3 rings (SSSR count). The van der Waals surface area contributed by atoms with Gasteiger partial charge in [-0.15, -0.1) is 11.3 Å². The summed E-state index contributed by atoms with van der Waals surface area (Å²) in [6.07, 6.45) is 1.48. The van der Waals surface area contributed by atoms with E-state index in [4.69, 9.17) is 16.7 Å². The van der Waals surface area contributed by atoms with Crippen LogP contribution in [0.2, 0.25) is 5.02 Å². The molecule has 1 aromatic heterocycles. The third kappa shape index (κ3) is 5.02. The molecule has 0 aliphatic rings. The third-order valence-electron chi connectivity index (χ3n) is 4.17. The van der Waals surface area contributed by atoms with Gasteiger partial charge in [0.05, 0.1) is 15.5 Å². The number of allylic oxidation sites excluding steroid dienone is 1. The number of rotatable bonds is 5. The Bertz CT molecular complexity index is 1140. The molecule has 4 N–H and O–H groups in total. The van der Waals surface area contributed by atoms with Gasteiger partial charge < -0.3 is 20.8 Å². The number of urea groups is 1. The standard InChI is InChI=1S/C21H16BrClN2O4S/c1-11(16-10-30-19(18(16)26)12-2-4-13(22)5-3-12)9-24-21(29)25-14-6-7-15(20(27)28)17(23)8-14/h2-10,26H,1H3,(H,27,28)(H2,24,25,29)/b11-9+.